The van der Waals surface area contributed by atoms with Crippen molar-refractivity contribution in [2.24, 2.45) is 0 Å². The van der Waals surface area contributed by atoms with Crippen LogP contribution in [-0.4, -0.2) is 40.6 Å². The van der Waals surface area contributed by atoms with Crippen LogP contribution in [-0.2, 0) is 19.4 Å². The van der Waals surface area contributed by atoms with Crippen molar-refractivity contribution in [1.82, 2.24) is 0 Å². The maximum atomic E-state index is 14.9. The van der Waals surface area contributed by atoms with Crippen LogP contribution in [0.5, 0.6) is 0 Å². The number of esters is 1. The molecule has 1 saturated carbocycles. The van der Waals surface area contributed by atoms with E-state index >= 15 is 0 Å². The fourth-order valence-corrected chi connectivity index (χ4v) is 5.30. The second-order valence-electron chi connectivity index (χ2n) is 7.30. The molecule has 6 nitrogen and oxygen atoms in total. The predicted molar refractivity (Wildman–Crippen MR) is 99.9 cm³/mol. The first-order valence-electron chi connectivity index (χ1n) is 9.35. The standard InChI is InChI=1S/C19H23FN2O4S/c1-26-19(23)18-12-22(13-6-7-13)16-11-15(21-8-4-2-3-5-9-21)14(20)10-17(16)27(18,24)25/h10-13H,2-9H2,1H3. The Morgan fingerprint density at radius 1 is 1.11 bits per heavy atom. The molecule has 0 bridgehead atoms. The fraction of sp³-hybridized carbons (Fsp3) is 0.526. The normalized spacial score (nSPS) is 21.9. The van der Waals surface area contributed by atoms with E-state index in [1.807, 2.05) is 4.90 Å². The van der Waals surface area contributed by atoms with Gasteiger partial charge in [0.05, 0.1) is 23.4 Å². The van der Waals surface area contributed by atoms with Crippen LogP contribution in [0.25, 0.3) is 0 Å². The lowest BCUT2D eigenvalue weighted by Crippen LogP contribution is -2.31. The molecule has 2 fully saturated rings. The molecule has 0 atom stereocenters. The minimum atomic E-state index is -4.12. The van der Waals surface area contributed by atoms with Gasteiger partial charge in [0.2, 0.25) is 9.84 Å². The van der Waals surface area contributed by atoms with Crippen molar-refractivity contribution in [2.75, 3.05) is 30.0 Å². The molecule has 2 aliphatic heterocycles. The SMILES string of the molecule is COC(=O)C1=CN(C2CC2)c2cc(N3CCCCCC3)c(F)cc2S1(=O)=O. The third-order valence-electron chi connectivity index (χ3n) is 5.42. The van der Waals surface area contributed by atoms with E-state index < -0.39 is 26.5 Å². The maximum Gasteiger partial charge on any atom is 0.351 e. The highest BCUT2D eigenvalue weighted by atomic mass is 32.2. The van der Waals surface area contributed by atoms with Gasteiger partial charge in [-0.15, -0.1) is 0 Å². The number of sulfone groups is 1. The zero-order chi connectivity index (χ0) is 19.2. The predicted octanol–water partition coefficient (Wildman–Crippen LogP) is 2.98. The van der Waals surface area contributed by atoms with Crippen molar-refractivity contribution in [3.05, 3.63) is 29.1 Å². The van der Waals surface area contributed by atoms with Gasteiger partial charge in [-0.3, -0.25) is 0 Å². The molecule has 2 heterocycles. The number of hydrogen-bond acceptors (Lipinski definition) is 6. The van der Waals surface area contributed by atoms with Gasteiger partial charge >= 0.3 is 5.97 Å². The summed E-state index contributed by atoms with van der Waals surface area (Å²) in [6.45, 7) is 1.52. The minimum Gasteiger partial charge on any atom is -0.465 e. The summed E-state index contributed by atoms with van der Waals surface area (Å²) >= 11 is 0. The van der Waals surface area contributed by atoms with E-state index in [1.54, 1.807) is 11.0 Å². The number of carbonyl (C=O) groups excluding carboxylic acids is 1. The van der Waals surface area contributed by atoms with Gasteiger partial charge in [0.15, 0.2) is 4.91 Å². The number of ether oxygens (including phenoxy) is 1. The van der Waals surface area contributed by atoms with Crippen molar-refractivity contribution in [3.63, 3.8) is 0 Å². The van der Waals surface area contributed by atoms with Crippen molar-refractivity contribution in [2.45, 2.75) is 49.5 Å². The molecule has 4 rings (SSSR count). The molecule has 3 aliphatic rings. The van der Waals surface area contributed by atoms with Crippen LogP contribution in [0.2, 0.25) is 0 Å². The van der Waals surface area contributed by atoms with E-state index in [2.05, 4.69) is 4.74 Å². The number of nitrogens with zero attached hydrogens (tertiary/aromatic N) is 2. The Morgan fingerprint density at radius 3 is 2.37 bits per heavy atom. The molecule has 27 heavy (non-hydrogen) atoms. The van der Waals surface area contributed by atoms with Gasteiger partial charge in [0.25, 0.3) is 0 Å². The molecular weight excluding hydrogens is 371 g/mol. The van der Waals surface area contributed by atoms with Gasteiger partial charge in [-0.05, 0) is 37.8 Å². The van der Waals surface area contributed by atoms with Crippen molar-refractivity contribution >= 4 is 27.2 Å². The second-order valence-corrected chi connectivity index (χ2v) is 9.19. The van der Waals surface area contributed by atoms with E-state index in [9.17, 15) is 17.6 Å². The molecule has 1 aromatic carbocycles. The third-order valence-corrected chi connectivity index (χ3v) is 7.17. The van der Waals surface area contributed by atoms with E-state index in [-0.39, 0.29) is 10.9 Å². The first-order valence-corrected chi connectivity index (χ1v) is 10.8. The zero-order valence-corrected chi connectivity index (χ0v) is 16.1. The van der Waals surface area contributed by atoms with Crippen LogP contribution in [0.4, 0.5) is 15.8 Å². The Kier molecular flexibility index (Phi) is 4.61. The summed E-state index contributed by atoms with van der Waals surface area (Å²) in [5, 5.41) is 0. The Morgan fingerprint density at radius 2 is 1.78 bits per heavy atom. The molecule has 1 aromatic rings. The van der Waals surface area contributed by atoms with Gasteiger partial charge in [-0.25, -0.2) is 17.6 Å². The van der Waals surface area contributed by atoms with Gasteiger partial charge in [0.1, 0.15) is 5.82 Å². The lowest BCUT2D eigenvalue weighted by molar-refractivity contribution is -0.135. The van der Waals surface area contributed by atoms with E-state index in [0.29, 0.717) is 11.4 Å². The third kappa shape index (κ3) is 3.20. The largest absolute Gasteiger partial charge is 0.465 e. The van der Waals surface area contributed by atoms with Crippen molar-refractivity contribution in [3.8, 4) is 0 Å². The van der Waals surface area contributed by atoms with Crippen LogP contribution in [0.3, 0.4) is 0 Å². The lowest BCUT2D eigenvalue weighted by Gasteiger charge is -2.31. The molecule has 0 aromatic heterocycles. The molecule has 146 valence electrons. The Hall–Kier alpha value is -2.09. The highest BCUT2D eigenvalue weighted by Gasteiger charge is 2.41. The number of fused-ring (bicyclic) bond motifs is 1. The highest BCUT2D eigenvalue weighted by molar-refractivity contribution is 7.96. The number of benzene rings is 1. The van der Waals surface area contributed by atoms with Crippen LogP contribution >= 0.6 is 0 Å². The molecule has 0 amide bonds. The maximum absolute atomic E-state index is 14.9. The summed E-state index contributed by atoms with van der Waals surface area (Å²) in [5.74, 6) is -1.50. The molecule has 0 spiro atoms. The fourth-order valence-electron chi connectivity index (χ4n) is 3.81. The molecular formula is C19H23FN2O4S. The Labute approximate surface area is 158 Å². The van der Waals surface area contributed by atoms with Crippen molar-refractivity contribution in [1.29, 1.82) is 0 Å². The minimum absolute atomic E-state index is 0.126. The van der Waals surface area contributed by atoms with Gasteiger partial charge in [-0.1, -0.05) is 12.8 Å². The first-order chi connectivity index (χ1) is 12.9. The highest BCUT2D eigenvalue weighted by Crippen LogP contribution is 2.44. The summed E-state index contributed by atoms with van der Waals surface area (Å²) in [6, 6.07) is 2.83. The quantitative estimate of drug-likeness (QED) is 0.735. The monoisotopic (exact) mass is 394 g/mol. The second kappa shape index (κ2) is 6.82. The molecule has 0 N–H and O–H groups in total. The Balaban J connectivity index is 1.83. The number of carbonyl (C=O) groups is 1. The number of methoxy groups -OCH3 is 1. The lowest BCUT2D eigenvalue weighted by atomic mass is 10.2. The van der Waals surface area contributed by atoms with E-state index in [0.717, 1.165) is 64.8 Å². The van der Waals surface area contributed by atoms with Crippen molar-refractivity contribution < 1.29 is 22.3 Å². The topological polar surface area (TPSA) is 66.9 Å². The molecule has 1 saturated heterocycles. The number of halogens is 1. The molecule has 0 radical (unpaired) electrons. The van der Waals surface area contributed by atoms with Gasteiger partial charge in [0, 0.05) is 25.3 Å². The zero-order valence-electron chi connectivity index (χ0n) is 15.3. The molecule has 0 unspecified atom stereocenters. The first kappa shape index (κ1) is 18.3. The van der Waals surface area contributed by atoms with E-state index in [4.69, 9.17) is 0 Å². The average Bonchev–Trinajstić information content (AvgIpc) is 3.48. The van der Waals surface area contributed by atoms with Crippen LogP contribution in [0, 0.1) is 5.82 Å². The van der Waals surface area contributed by atoms with Crippen LogP contribution in [0.1, 0.15) is 38.5 Å². The van der Waals surface area contributed by atoms with Crippen LogP contribution in [0.15, 0.2) is 28.1 Å². The summed E-state index contributed by atoms with van der Waals surface area (Å²) in [6.07, 6.45) is 7.39. The Bertz CT molecular complexity index is 901. The van der Waals surface area contributed by atoms with E-state index in [1.165, 1.54) is 6.20 Å². The van der Waals surface area contributed by atoms with Gasteiger partial charge in [-0.2, -0.15) is 0 Å². The summed E-state index contributed by atoms with van der Waals surface area (Å²) < 4.78 is 45.4. The van der Waals surface area contributed by atoms with Crippen LogP contribution < -0.4 is 9.80 Å². The number of hydrogen-bond donors (Lipinski definition) is 0. The number of anilines is 2. The van der Waals surface area contributed by atoms with Gasteiger partial charge < -0.3 is 14.5 Å². The summed E-state index contributed by atoms with van der Waals surface area (Å²) in [7, 11) is -2.99. The summed E-state index contributed by atoms with van der Waals surface area (Å²) in [4.78, 5) is 15.2. The smallest absolute Gasteiger partial charge is 0.351 e. The molecule has 8 heteroatoms. The average molecular weight is 394 g/mol. The number of rotatable bonds is 3. The summed E-state index contributed by atoms with van der Waals surface area (Å²) in [5.41, 5.74) is 0.886. The molecule has 1 aliphatic carbocycles.